The maximum absolute atomic E-state index is 11.8. The summed E-state index contributed by atoms with van der Waals surface area (Å²) < 4.78 is 5.01. The number of carbonyl (C=O) groups is 3. The van der Waals surface area contributed by atoms with Crippen LogP contribution in [0.5, 0.6) is 0 Å². The Bertz CT molecular complexity index is 339. The van der Waals surface area contributed by atoms with E-state index in [1.54, 1.807) is 0 Å². The predicted molar refractivity (Wildman–Crippen MR) is 62.4 cm³/mol. The molecule has 0 spiro atoms. The molecule has 0 aliphatic carbocycles. The van der Waals surface area contributed by atoms with Crippen LogP contribution in [0.3, 0.4) is 0 Å². The Morgan fingerprint density at radius 1 is 1.56 bits per heavy atom. The lowest BCUT2D eigenvalue weighted by atomic mass is 10.2. The van der Waals surface area contributed by atoms with Gasteiger partial charge in [-0.15, -0.1) is 0 Å². The Labute approximate surface area is 106 Å². The monoisotopic (exact) mass is 257 g/mol. The van der Waals surface area contributed by atoms with Crippen molar-refractivity contribution in [2.75, 3.05) is 6.61 Å². The minimum absolute atomic E-state index is 0.131. The Kier molecular flexibility index (Phi) is 5.27. The summed E-state index contributed by atoms with van der Waals surface area (Å²) in [7, 11) is 0. The minimum Gasteiger partial charge on any atom is -0.464 e. The highest BCUT2D eigenvalue weighted by Gasteiger charge is 2.42. The molecule has 1 heterocycles. The second kappa shape index (κ2) is 6.49. The van der Waals surface area contributed by atoms with Crippen molar-refractivity contribution in [1.29, 1.82) is 0 Å². The summed E-state index contributed by atoms with van der Waals surface area (Å²) in [5.41, 5.74) is 0. The number of rotatable bonds is 5. The van der Waals surface area contributed by atoms with Gasteiger partial charge in [-0.2, -0.15) is 0 Å². The lowest BCUT2D eigenvalue weighted by Crippen LogP contribution is -2.47. The molecule has 0 aromatic rings. The van der Waals surface area contributed by atoms with Crippen molar-refractivity contribution >= 4 is 17.8 Å². The number of hydrogen-bond donors (Lipinski definition) is 1. The van der Waals surface area contributed by atoms with E-state index in [4.69, 9.17) is 4.74 Å². The smallest absolute Gasteiger partial charge is 0.329 e. The summed E-state index contributed by atoms with van der Waals surface area (Å²) in [5.74, 6) is -1.74. The molecule has 1 aliphatic rings. The molecule has 2 unspecified atom stereocenters. The Morgan fingerprint density at radius 2 is 2.22 bits per heavy atom. The van der Waals surface area contributed by atoms with Crippen LogP contribution < -0.4 is 0 Å². The van der Waals surface area contributed by atoms with E-state index in [9.17, 15) is 19.5 Å². The SMILES string of the molecule is CCCCOC(=O)C1CCC(=O)N1C(=O)C(C)O. The number of nitrogens with zero attached hydrogens (tertiary/aromatic N) is 1. The van der Waals surface area contributed by atoms with Crippen LogP contribution in [0.15, 0.2) is 0 Å². The summed E-state index contributed by atoms with van der Waals surface area (Å²) in [6.45, 7) is 3.53. The van der Waals surface area contributed by atoms with E-state index in [1.807, 2.05) is 6.92 Å². The number of amides is 2. The fraction of sp³-hybridized carbons (Fsp3) is 0.750. The quantitative estimate of drug-likeness (QED) is 0.563. The predicted octanol–water partition coefficient (Wildman–Crippen LogP) is 0.228. The van der Waals surface area contributed by atoms with E-state index >= 15 is 0 Å². The van der Waals surface area contributed by atoms with Gasteiger partial charge < -0.3 is 9.84 Å². The lowest BCUT2D eigenvalue weighted by molar-refractivity contribution is -0.160. The molecule has 1 aliphatic heterocycles. The minimum atomic E-state index is -1.29. The molecular formula is C12H19NO5. The van der Waals surface area contributed by atoms with E-state index < -0.39 is 29.9 Å². The van der Waals surface area contributed by atoms with E-state index in [-0.39, 0.29) is 19.4 Å². The molecular weight excluding hydrogens is 238 g/mol. The molecule has 1 fully saturated rings. The zero-order valence-electron chi connectivity index (χ0n) is 10.7. The topological polar surface area (TPSA) is 83.9 Å². The van der Waals surface area contributed by atoms with Crippen LogP contribution in [0.1, 0.15) is 39.5 Å². The van der Waals surface area contributed by atoms with Gasteiger partial charge in [-0.1, -0.05) is 13.3 Å². The molecule has 6 heteroatoms. The fourth-order valence-electron chi connectivity index (χ4n) is 1.80. The third-order valence-electron chi connectivity index (χ3n) is 2.82. The average molecular weight is 257 g/mol. The van der Waals surface area contributed by atoms with Gasteiger partial charge in [0.2, 0.25) is 5.91 Å². The van der Waals surface area contributed by atoms with Crippen LogP contribution in [0.25, 0.3) is 0 Å². The van der Waals surface area contributed by atoms with E-state index in [0.717, 1.165) is 17.7 Å². The van der Waals surface area contributed by atoms with Crippen molar-refractivity contribution in [1.82, 2.24) is 4.90 Å². The third-order valence-corrected chi connectivity index (χ3v) is 2.82. The number of aliphatic hydroxyl groups excluding tert-OH is 1. The molecule has 2 amide bonds. The van der Waals surface area contributed by atoms with Crippen LogP contribution in [0.2, 0.25) is 0 Å². The number of likely N-dealkylation sites (tertiary alicyclic amines) is 1. The number of hydrogen-bond acceptors (Lipinski definition) is 5. The van der Waals surface area contributed by atoms with Gasteiger partial charge in [-0.3, -0.25) is 14.5 Å². The summed E-state index contributed by atoms with van der Waals surface area (Å²) >= 11 is 0. The van der Waals surface area contributed by atoms with Gasteiger partial charge in [-0.05, 0) is 19.8 Å². The van der Waals surface area contributed by atoms with Crippen molar-refractivity contribution in [3.63, 3.8) is 0 Å². The lowest BCUT2D eigenvalue weighted by Gasteiger charge is -2.22. The van der Waals surface area contributed by atoms with Crippen LogP contribution in [-0.2, 0) is 19.1 Å². The summed E-state index contributed by atoms with van der Waals surface area (Å²) in [4.78, 5) is 35.8. The first-order valence-electron chi connectivity index (χ1n) is 6.19. The maximum atomic E-state index is 11.8. The van der Waals surface area contributed by atoms with Gasteiger partial charge in [0.15, 0.2) is 0 Å². The molecule has 0 aromatic heterocycles. The highest BCUT2D eigenvalue weighted by atomic mass is 16.5. The first kappa shape index (κ1) is 14.6. The second-order valence-electron chi connectivity index (χ2n) is 4.35. The summed E-state index contributed by atoms with van der Waals surface area (Å²) in [5, 5.41) is 9.22. The molecule has 0 aromatic carbocycles. The zero-order chi connectivity index (χ0) is 13.7. The van der Waals surface area contributed by atoms with Crippen LogP contribution >= 0.6 is 0 Å². The van der Waals surface area contributed by atoms with Gasteiger partial charge in [0.1, 0.15) is 12.1 Å². The van der Waals surface area contributed by atoms with Crippen LogP contribution in [0, 0.1) is 0 Å². The van der Waals surface area contributed by atoms with E-state index in [1.165, 1.54) is 6.92 Å². The van der Waals surface area contributed by atoms with Crippen molar-refractivity contribution in [3.8, 4) is 0 Å². The molecule has 1 N–H and O–H groups in total. The van der Waals surface area contributed by atoms with Crippen LogP contribution in [-0.4, -0.2) is 46.5 Å². The van der Waals surface area contributed by atoms with Crippen molar-refractivity contribution in [3.05, 3.63) is 0 Å². The average Bonchev–Trinajstić information content (AvgIpc) is 2.70. The largest absolute Gasteiger partial charge is 0.464 e. The van der Waals surface area contributed by atoms with Gasteiger partial charge in [-0.25, -0.2) is 4.79 Å². The number of ether oxygens (including phenoxy) is 1. The number of unbranched alkanes of at least 4 members (excludes halogenated alkanes) is 1. The molecule has 2 atom stereocenters. The number of imide groups is 1. The standard InChI is InChI=1S/C12H19NO5/c1-3-4-7-18-12(17)9-5-6-10(15)13(9)11(16)8(2)14/h8-9,14H,3-7H2,1-2H3. The highest BCUT2D eigenvalue weighted by molar-refractivity contribution is 6.03. The molecule has 0 bridgehead atoms. The maximum Gasteiger partial charge on any atom is 0.329 e. The molecule has 0 saturated carbocycles. The normalized spacial score (nSPS) is 20.9. The molecule has 6 nitrogen and oxygen atoms in total. The summed E-state index contributed by atoms with van der Waals surface area (Å²) in [6, 6.07) is -0.878. The molecule has 1 saturated heterocycles. The Hall–Kier alpha value is -1.43. The van der Waals surface area contributed by atoms with Crippen molar-refractivity contribution < 1.29 is 24.2 Å². The van der Waals surface area contributed by atoms with Crippen LogP contribution in [0.4, 0.5) is 0 Å². The fourth-order valence-corrected chi connectivity index (χ4v) is 1.80. The van der Waals surface area contributed by atoms with E-state index in [2.05, 4.69) is 0 Å². The highest BCUT2D eigenvalue weighted by Crippen LogP contribution is 2.21. The molecule has 0 radical (unpaired) electrons. The molecule has 1 rings (SSSR count). The van der Waals surface area contributed by atoms with E-state index in [0.29, 0.717) is 0 Å². The second-order valence-corrected chi connectivity index (χ2v) is 4.35. The number of carbonyl (C=O) groups excluding carboxylic acids is 3. The Balaban J connectivity index is 2.66. The number of esters is 1. The first-order valence-corrected chi connectivity index (χ1v) is 6.19. The summed E-state index contributed by atoms with van der Waals surface area (Å²) in [6.07, 6.45) is 0.746. The number of aliphatic hydroxyl groups is 1. The Morgan fingerprint density at radius 3 is 2.78 bits per heavy atom. The van der Waals surface area contributed by atoms with Crippen molar-refractivity contribution in [2.24, 2.45) is 0 Å². The third kappa shape index (κ3) is 3.29. The zero-order valence-corrected chi connectivity index (χ0v) is 10.7. The molecule has 102 valence electrons. The first-order chi connectivity index (χ1) is 8.49. The van der Waals surface area contributed by atoms with Gasteiger partial charge in [0.05, 0.1) is 6.61 Å². The molecule has 18 heavy (non-hydrogen) atoms. The van der Waals surface area contributed by atoms with Crippen molar-refractivity contribution in [2.45, 2.75) is 51.7 Å². The van der Waals surface area contributed by atoms with Gasteiger partial charge in [0.25, 0.3) is 5.91 Å². The van der Waals surface area contributed by atoms with Gasteiger partial charge >= 0.3 is 5.97 Å². The van der Waals surface area contributed by atoms with Gasteiger partial charge in [0, 0.05) is 6.42 Å².